The maximum Gasteiger partial charge on any atom is 0.340 e. The van der Waals surface area contributed by atoms with E-state index in [1.807, 2.05) is 0 Å². The van der Waals surface area contributed by atoms with Crippen LogP contribution in [0, 0.1) is 5.41 Å². The van der Waals surface area contributed by atoms with Gasteiger partial charge in [-0.15, -0.1) is 0 Å². The molecule has 1 aromatic rings. The molecule has 0 heterocycles. The van der Waals surface area contributed by atoms with Gasteiger partial charge in [-0.3, -0.25) is 24.7 Å². The highest BCUT2D eigenvalue weighted by molar-refractivity contribution is 6.10. The summed E-state index contributed by atoms with van der Waals surface area (Å²) in [4.78, 5) is 51.6. The van der Waals surface area contributed by atoms with Gasteiger partial charge in [0, 0.05) is 13.1 Å². The molecule has 2 amide bonds. The Hall–Kier alpha value is -3.39. The molecule has 0 aromatic heterocycles. The highest BCUT2D eigenvalue weighted by Gasteiger charge is 2.49. The van der Waals surface area contributed by atoms with E-state index in [0.29, 0.717) is 30.0 Å². The third-order valence-corrected chi connectivity index (χ3v) is 4.91. The van der Waals surface area contributed by atoms with Crippen molar-refractivity contribution in [1.29, 1.82) is 5.41 Å². The number of nitrogens with two attached hydrogens (primary N) is 3. The highest BCUT2D eigenvalue weighted by Crippen LogP contribution is 2.19. The fraction of sp³-hybridized carbons (Fsp3) is 0.522. The summed E-state index contributed by atoms with van der Waals surface area (Å²) in [5.74, 6) is -3.35. The number of ether oxygens (including phenoxy) is 3. The van der Waals surface area contributed by atoms with Gasteiger partial charge < -0.3 is 36.7 Å². The number of benzene rings is 1. The van der Waals surface area contributed by atoms with Gasteiger partial charge in [0.1, 0.15) is 13.2 Å². The molecular formula is C23H35N6O7. The Labute approximate surface area is 210 Å². The van der Waals surface area contributed by atoms with E-state index in [9.17, 15) is 19.2 Å². The third-order valence-electron chi connectivity index (χ3n) is 4.91. The Morgan fingerprint density at radius 3 is 2.44 bits per heavy atom. The first-order chi connectivity index (χ1) is 17.2. The molecule has 0 aliphatic carbocycles. The van der Waals surface area contributed by atoms with Crippen LogP contribution in [-0.2, 0) is 40.0 Å². The van der Waals surface area contributed by atoms with E-state index in [1.54, 1.807) is 30.3 Å². The minimum absolute atomic E-state index is 0.0104. The average Bonchev–Trinajstić information content (AvgIpc) is 2.87. The first kappa shape index (κ1) is 30.6. The number of hydrogen-bond donors (Lipinski definition) is 5. The molecule has 2 atom stereocenters. The molecule has 1 rings (SSSR count). The lowest BCUT2D eigenvalue weighted by atomic mass is 9.99. The van der Waals surface area contributed by atoms with E-state index in [-0.39, 0.29) is 38.7 Å². The van der Waals surface area contributed by atoms with Gasteiger partial charge in [-0.2, -0.15) is 0 Å². The lowest BCUT2D eigenvalue weighted by Crippen LogP contribution is -2.63. The number of nitrogens with one attached hydrogen (secondary N) is 2. The fourth-order valence-electron chi connectivity index (χ4n) is 3.00. The molecule has 36 heavy (non-hydrogen) atoms. The number of hydrogen-bond acceptors (Lipinski definition) is 10. The fourth-order valence-corrected chi connectivity index (χ4v) is 3.00. The van der Waals surface area contributed by atoms with Crippen molar-refractivity contribution >= 4 is 30.0 Å². The van der Waals surface area contributed by atoms with E-state index in [2.05, 4.69) is 5.32 Å². The second-order valence-corrected chi connectivity index (χ2v) is 7.85. The topological polar surface area (TPSA) is 213 Å². The molecule has 0 spiro atoms. The smallest absolute Gasteiger partial charge is 0.340 e. The predicted octanol–water partition coefficient (Wildman–Crippen LogP) is -1.46. The molecule has 0 aliphatic rings. The molecule has 0 saturated heterocycles. The van der Waals surface area contributed by atoms with Crippen molar-refractivity contribution in [3.05, 3.63) is 35.9 Å². The number of imide groups is 1. The maximum atomic E-state index is 13.2. The molecule has 199 valence electrons. The summed E-state index contributed by atoms with van der Waals surface area (Å²) in [5.41, 5.74) is 14.8. The largest absolute Gasteiger partial charge is 0.459 e. The standard InChI is InChI=1S/C23H35N6O7/c1-23(16-30,21(33)36-14-17-6-3-2-4-7-17)29(19(31)15-35-13-12-34-11-9-24)20(32)18(25)8-5-10-28-22(26)27/h2-4,6-7,18H,5,8-15,24-25H2,1H3,(H4,26,27,28)/t18-,23+/m0/s1. The van der Waals surface area contributed by atoms with Crippen LogP contribution in [0.15, 0.2) is 30.3 Å². The SMILES string of the molecule is C[C@@]([C]=O)(C(=O)OCc1ccccc1)N(C(=O)COCCOCCN)C(=O)[C@@H](N)CCCNC(=N)N. The molecule has 0 unspecified atom stereocenters. The molecule has 13 heteroatoms. The van der Waals surface area contributed by atoms with Crippen molar-refractivity contribution in [3.8, 4) is 0 Å². The van der Waals surface area contributed by atoms with Crippen LogP contribution in [0.25, 0.3) is 0 Å². The van der Waals surface area contributed by atoms with Gasteiger partial charge in [-0.05, 0) is 25.3 Å². The van der Waals surface area contributed by atoms with Crippen LogP contribution in [0.4, 0.5) is 0 Å². The quantitative estimate of drug-likeness (QED) is 0.0540. The van der Waals surface area contributed by atoms with Crippen molar-refractivity contribution < 1.29 is 33.4 Å². The number of nitrogens with zero attached hydrogens (tertiary/aromatic N) is 1. The second-order valence-electron chi connectivity index (χ2n) is 7.85. The van der Waals surface area contributed by atoms with Crippen LogP contribution in [0.2, 0.25) is 0 Å². The minimum atomic E-state index is -2.41. The molecule has 1 radical (unpaired) electrons. The minimum Gasteiger partial charge on any atom is -0.459 e. The Bertz CT molecular complexity index is 870. The van der Waals surface area contributed by atoms with Gasteiger partial charge in [0.2, 0.25) is 17.7 Å². The van der Waals surface area contributed by atoms with Crippen molar-refractivity contribution in [2.24, 2.45) is 17.2 Å². The normalized spacial score (nSPS) is 13.2. The first-order valence-corrected chi connectivity index (χ1v) is 11.3. The van der Waals surface area contributed by atoms with Crippen LogP contribution in [-0.4, -0.2) is 86.0 Å². The molecule has 0 saturated carbocycles. The number of carbonyl (C=O) groups excluding carboxylic acids is 4. The number of carbonyl (C=O) groups is 3. The van der Waals surface area contributed by atoms with Crippen molar-refractivity contribution in [1.82, 2.24) is 10.2 Å². The van der Waals surface area contributed by atoms with Crippen LogP contribution < -0.4 is 22.5 Å². The van der Waals surface area contributed by atoms with Crippen LogP contribution in [0.5, 0.6) is 0 Å². The number of guanidine groups is 1. The highest BCUT2D eigenvalue weighted by atomic mass is 16.5. The third kappa shape index (κ3) is 10.1. The zero-order valence-electron chi connectivity index (χ0n) is 20.4. The number of esters is 1. The molecule has 0 fully saturated rings. The monoisotopic (exact) mass is 507 g/mol. The molecule has 0 aliphatic heterocycles. The van der Waals surface area contributed by atoms with E-state index >= 15 is 0 Å². The Kier molecular flexibility index (Phi) is 13.9. The van der Waals surface area contributed by atoms with Gasteiger partial charge in [-0.1, -0.05) is 30.3 Å². The summed E-state index contributed by atoms with van der Waals surface area (Å²) in [6, 6.07) is 7.42. The number of rotatable bonds is 17. The molecule has 0 bridgehead atoms. The van der Waals surface area contributed by atoms with Gasteiger partial charge in [0.05, 0.1) is 25.9 Å². The van der Waals surface area contributed by atoms with Gasteiger partial charge in [0.15, 0.2) is 5.96 Å². The van der Waals surface area contributed by atoms with Crippen LogP contribution in [0.1, 0.15) is 25.3 Å². The van der Waals surface area contributed by atoms with E-state index in [4.69, 9.17) is 36.8 Å². The van der Waals surface area contributed by atoms with Crippen LogP contribution in [0.3, 0.4) is 0 Å². The van der Waals surface area contributed by atoms with Gasteiger partial charge >= 0.3 is 5.97 Å². The van der Waals surface area contributed by atoms with Crippen molar-refractivity contribution in [2.45, 2.75) is 38.0 Å². The Balaban J connectivity index is 3.00. The zero-order chi connectivity index (χ0) is 27.0. The average molecular weight is 508 g/mol. The first-order valence-electron chi connectivity index (χ1n) is 11.3. The van der Waals surface area contributed by atoms with Gasteiger partial charge in [0.25, 0.3) is 5.91 Å². The van der Waals surface area contributed by atoms with E-state index in [1.165, 1.54) is 6.29 Å². The second kappa shape index (κ2) is 16.3. The summed E-state index contributed by atoms with van der Waals surface area (Å²) in [5, 5.41) is 9.72. The molecule has 13 nitrogen and oxygen atoms in total. The molecule has 8 N–H and O–H groups in total. The lowest BCUT2D eigenvalue weighted by Gasteiger charge is -2.34. The Morgan fingerprint density at radius 1 is 1.17 bits per heavy atom. The zero-order valence-corrected chi connectivity index (χ0v) is 20.4. The van der Waals surface area contributed by atoms with E-state index < -0.39 is 36.0 Å². The Morgan fingerprint density at radius 2 is 1.83 bits per heavy atom. The van der Waals surface area contributed by atoms with E-state index in [0.717, 1.165) is 6.92 Å². The summed E-state index contributed by atoms with van der Waals surface area (Å²) in [6.07, 6.45) is 1.88. The summed E-state index contributed by atoms with van der Waals surface area (Å²) >= 11 is 0. The van der Waals surface area contributed by atoms with Crippen molar-refractivity contribution in [2.75, 3.05) is 39.5 Å². The maximum absolute atomic E-state index is 13.2. The summed E-state index contributed by atoms with van der Waals surface area (Å²) < 4.78 is 15.6. The molecule has 1 aromatic carbocycles. The van der Waals surface area contributed by atoms with Crippen molar-refractivity contribution in [3.63, 3.8) is 0 Å². The summed E-state index contributed by atoms with van der Waals surface area (Å²) in [7, 11) is 0. The van der Waals surface area contributed by atoms with Gasteiger partial charge in [-0.25, -0.2) is 4.79 Å². The predicted molar refractivity (Wildman–Crippen MR) is 130 cm³/mol. The lowest BCUT2D eigenvalue weighted by molar-refractivity contribution is -0.167. The number of amides is 2. The summed E-state index contributed by atoms with van der Waals surface area (Å²) in [6.45, 7) is 1.28. The molecular weight excluding hydrogens is 472 g/mol. The van der Waals surface area contributed by atoms with Crippen LogP contribution >= 0.6 is 0 Å².